The Morgan fingerprint density at radius 2 is 2.15 bits per heavy atom. The van der Waals surface area contributed by atoms with Crippen LogP contribution in [0.25, 0.3) is 0 Å². The molecule has 0 aliphatic heterocycles. The summed E-state index contributed by atoms with van der Waals surface area (Å²) in [5.41, 5.74) is 0. The number of thioether (sulfide) groups is 1. The van der Waals surface area contributed by atoms with Crippen molar-refractivity contribution >= 4 is 41.2 Å². The molecule has 0 saturated heterocycles. The number of rotatable bonds is 4. The monoisotopic (exact) mass is 234 g/mol. The van der Waals surface area contributed by atoms with Gasteiger partial charge in [0.05, 0.1) is 5.02 Å². The molecule has 1 aromatic carbocycles. The maximum Gasteiger partial charge on any atom is 0.120 e. The largest absolute Gasteiger partial charge is 0.303 e. The highest BCUT2D eigenvalue weighted by Gasteiger charge is 2.01. The van der Waals surface area contributed by atoms with Gasteiger partial charge in [0.2, 0.25) is 0 Å². The Balaban J connectivity index is 2.64. The average molecular weight is 235 g/mol. The molecule has 0 unspecified atom stereocenters. The Labute approximate surface area is 91.4 Å². The first-order valence-electron chi connectivity index (χ1n) is 3.75. The first kappa shape index (κ1) is 10.9. The van der Waals surface area contributed by atoms with Gasteiger partial charge in [0.15, 0.2) is 0 Å². The SMILES string of the molecule is O=CCCSc1cc(Cl)ccc1Cl. The lowest BCUT2D eigenvalue weighted by Gasteiger charge is -2.02. The number of aldehydes is 1. The quantitative estimate of drug-likeness (QED) is 0.450. The Bertz CT molecular complexity index is 302. The van der Waals surface area contributed by atoms with Crippen molar-refractivity contribution in [3.05, 3.63) is 28.2 Å². The number of hydrogen-bond donors (Lipinski definition) is 0. The van der Waals surface area contributed by atoms with Crippen LogP contribution in [0.2, 0.25) is 10.0 Å². The molecule has 0 bridgehead atoms. The summed E-state index contributed by atoms with van der Waals surface area (Å²) in [6, 6.07) is 5.31. The van der Waals surface area contributed by atoms with Crippen molar-refractivity contribution in [1.82, 2.24) is 0 Å². The molecule has 0 spiro atoms. The van der Waals surface area contributed by atoms with Gasteiger partial charge in [0.1, 0.15) is 6.29 Å². The first-order valence-corrected chi connectivity index (χ1v) is 5.49. The smallest absolute Gasteiger partial charge is 0.120 e. The Morgan fingerprint density at radius 3 is 2.85 bits per heavy atom. The Hall–Kier alpha value is -0.180. The van der Waals surface area contributed by atoms with E-state index in [0.717, 1.165) is 16.9 Å². The summed E-state index contributed by atoms with van der Waals surface area (Å²) < 4.78 is 0. The minimum absolute atomic E-state index is 0.535. The summed E-state index contributed by atoms with van der Waals surface area (Å²) in [5.74, 6) is 0.740. The van der Waals surface area contributed by atoms with Crippen LogP contribution < -0.4 is 0 Å². The van der Waals surface area contributed by atoms with Gasteiger partial charge in [0.25, 0.3) is 0 Å². The molecule has 0 atom stereocenters. The standard InChI is InChI=1S/C9H8Cl2OS/c10-7-2-3-8(11)9(6-7)13-5-1-4-12/h2-4,6H,1,5H2. The fraction of sp³-hybridized carbons (Fsp3) is 0.222. The summed E-state index contributed by atoms with van der Waals surface area (Å²) in [6.07, 6.45) is 1.43. The van der Waals surface area contributed by atoms with Crippen LogP contribution in [0.3, 0.4) is 0 Å². The van der Waals surface area contributed by atoms with Crippen LogP contribution in [0.4, 0.5) is 0 Å². The minimum Gasteiger partial charge on any atom is -0.303 e. The number of halogens is 2. The van der Waals surface area contributed by atoms with Crippen LogP contribution in [0.1, 0.15) is 6.42 Å². The highest BCUT2D eigenvalue weighted by Crippen LogP contribution is 2.29. The third-order valence-corrected chi connectivity index (χ3v) is 3.15. The zero-order chi connectivity index (χ0) is 9.68. The van der Waals surface area contributed by atoms with E-state index in [1.807, 2.05) is 0 Å². The normalized spacial score (nSPS) is 10.0. The van der Waals surface area contributed by atoms with Crippen molar-refractivity contribution in [3.8, 4) is 0 Å². The summed E-state index contributed by atoms with van der Waals surface area (Å²) >= 11 is 13.2. The van der Waals surface area contributed by atoms with Gasteiger partial charge in [-0.2, -0.15) is 0 Å². The topological polar surface area (TPSA) is 17.1 Å². The molecule has 0 amide bonds. The molecular formula is C9H8Cl2OS. The van der Waals surface area contributed by atoms with Crippen molar-refractivity contribution in [2.75, 3.05) is 5.75 Å². The van der Waals surface area contributed by atoms with Crippen molar-refractivity contribution < 1.29 is 4.79 Å². The highest BCUT2D eigenvalue weighted by atomic mass is 35.5. The molecule has 0 saturated carbocycles. The summed E-state index contributed by atoms with van der Waals surface area (Å²) in [5, 5.41) is 1.35. The second kappa shape index (κ2) is 5.53. The predicted octanol–water partition coefficient (Wildman–Crippen LogP) is 3.67. The maximum atomic E-state index is 10.1. The van der Waals surface area contributed by atoms with Crippen LogP contribution in [0.5, 0.6) is 0 Å². The molecule has 0 N–H and O–H groups in total. The molecule has 0 aromatic heterocycles. The lowest BCUT2D eigenvalue weighted by molar-refractivity contribution is -0.107. The lowest BCUT2D eigenvalue weighted by atomic mass is 10.4. The Morgan fingerprint density at radius 1 is 1.38 bits per heavy atom. The second-order valence-electron chi connectivity index (χ2n) is 2.38. The van der Waals surface area contributed by atoms with E-state index in [-0.39, 0.29) is 0 Å². The van der Waals surface area contributed by atoms with E-state index in [1.54, 1.807) is 18.2 Å². The van der Waals surface area contributed by atoms with Gasteiger partial charge in [-0.05, 0) is 18.2 Å². The van der Waals surface area contributed by atoms with E-state index < -0.39 is 0 Å². The summed E-state index contributed by atoms with van der Waals surface area (Å²) in [4.78, 5) is 11.0. The molecule has 13 heavy (non-hydrogen) atoms. The lowest BCUT2D eigenvalue weighted by Crippen LogP contribution is -1.81. The van der Waals surface area contributed by atoms with E-state index in [2.05, 4.69) is 0 Å². The molecule has 0 heterocycles. The van der Waals surface area contributed by atoms with Crippen LogP contribution in [-0.2, 0) is 4.79 Å². The molecule has 0 aliphatic carbocycles. The van der Waals surface area contributed by atoms with Crippen LogP contribution >= 0.6 is 35.0 Å². The van der Waals surface area contributed by atoms with E-state index in [4.69, 9.17) is 23.2 Å². The van der Waals surface area contributed by atoms with Crippen LogP contribution in [-0.4, -0.2) is 12.0 Å². The number of benzene rings is 1. The molecule has 1 rings (SSSR count). The number of carbonyl (C=O) groups is 1. The van der Waals surface area contributed by atoms with Crippen LogP contribution in [0.15, 0.2) is 23.1 Å². The van der Waals surface area contributed by atoms with Gasteiger partial charge < -0.3 is 4.79 Å². The van der Waals surface area contributed by atoms with Gasteiger partial charge in [-0.1, -0.05) is 23.2 Å². The molecular weight excluding hydrogens is 227 g/mol. The van der Waals surface area contributed by atoms with E-state index in [1.165, 1.54) is 11.8 Å². The van der Waals surface area contributed by atoms with E-state index >= 15 is 0 Å². The highest BCUT2D eigenvalue weighted by molar-refractivity contribution is 7.99. The average Bonchev–Trinajstić information content (AvgIpc) is 2.11. The Kier molecular flexibility index (Phi) is 4.64. The summed E-state index contributed by atoms with van der Waals surface area (Å²) in [6.45, 7) is 0. The molecule has 0 aliphatic rings. The van der Waals surface area contributed by atoms with Crippen molar-refractivity contribution in [1.29, 1.82) is 0 Å². The van der Waals surface area contributed by atoms with Gasteiger partial charge >= 0.3 is 0 Å². The third kappa shape index (κ3) is 3.59. The summed E-state index contributed by atoms with van der Waals surface area (Å²) in [7, 11) is 0. The molecule has 4 heteroatoms. The fourth-order valence-electron chi connectivity index (χ4n) is 0.805. The van der Waals surface area contributed by atoms with Crippen molar-refractivity contribution in [2.45, 2.75) is 11.3 Å². The van der Waals surface area contributed by atoms with Crippen molar-refractivity contribution in [3.63, 3.8) is 0 Å². The zero-order valence-electron chi connectivity index (χ0n) is 6.80. The van der Waals surface area contributed by atoms with Gasteiger partial charge in [-0.25, -0.2) is 0 Å². The van der Waals surface area contributed by atoms with E-state index in [0.29, 0.717) is 16.5 Å². The first-order chi connectivity index (χ1) is 6.24. The molecule has 70 valence electrons. The fourth-order valence-corrected chi connectivity index (χ4v) is 2.17. The maximum absolute atomic E-state index is 10.1. The van der Waals surface area contributed by atoms with Crippen molar-refractivity contribution in [2.24, 2.45) is 0 Å². The molecule has 0 fully saturated rings. The van der Waals surface area contributed by atoms with Gasteiger partial charge in [0, 0.05) is 22.1 Å². The molecule has 1 aromatic rings. The number of hydrogen-bond acceptors (Lipinski definition) is 2. The third-order valence-electron chi connectivity index (χ3n) is 1.39. The number of carbonyl (C=O) groups excluding carboxylic acids is 1. The second-order valence-corrected chi connectivity index (χ2v) is 4.36. The minimum atomic E-state index is 0.535. The zero-order valence-corrected chi connectivity index (χ0v) is 9.12. The van der Waals surface area contributed by atoms with Gasteiger partial charge in [-0.3, -0.25) is 0 Å². The molecule has 0 radical (unpaired) electrons. The van der Waals surface area contributed by atoms with Gasteiger partial charge in [-0.15, -0.1) is 11.8 Å². The van der Waals surface area contributed by atoms with Crippen LogP contribution in [0, 0.1) is 0 Å². The molecule has 1 nitrogen and oxygen atoms in total. The predicted molar refractivity (Wildman–Crippen MR) is 57.9 cm³/mol. The van der Waals surface area contributed by atoms with E-state index in [9.17, 15) is 4.79 Å².